The minimum atomic E-state index is -3.75. The SMILES string of the molecule is O=C(c1cc(-c2cccnc2)on1)N1CCC(NS(=O)(=O)c2ccc(F)cc2)CC1. The first-order valence-electron chi connectivity index (χ1n) is 9.37. The van der Waals surface area contributed by atoms with Gasteiger partial charge in [0.05, 0.1) is 4.90 Å². The first-order chi connectivity index (χ1) is 14.4. The molecule has 156 valence electrons. The van der Waals surface area contributed by atoms with E-state index in [1.165, 1.54) is 12.1 Å². The second kappa shape index (κ2) is 8.33. The third-order valence-electron chi connectivity index (χ3n) is 4.90. The Labute approximate surface area is 172 Å². The second-order valence-corrected chi connectivity index (χ2v) is 8.67. The van der Waals surface area contributed by atoms with Gasteiger partial charge in [0, 0.05) is 43.2 Å². The number of halogens is 1. The predicted molar refractivity (Wildman–Crippen MR) is 105 cm³/mol. The molecule has 0 radical (unpaired) electrons. The molecule has 0 bridgehead atoms. The van der Waals surface area contributed by atoms with Gasteiger partial charge in [-0.2, -0.15) is 0 Å². The van der Waals surface area contributed by atoms with Crippen LogP contribution in [0.2, 0.25) is 0 Å². The molecule has 1 aromatic carbocycles. The summed E-state index contributed by atoms with van der Waals surface area (Å²) in [7, 11) is -3.75. The summed E-state index contributed by atoms with van der Waals surface area (Å²) in [5, 5.41) is 3.86. The number of sulfonamides is 1. The number of rotatable bonds is 5. The fraction of sp³-hybridized carbons (Fsp3) is 0.250. The first-order valence-corrected chi connectivity index (χ1v) is 10.8. The van der Waals surface area contributed by atoms with E-state index in [2.05, 4.69) is 14.9 Å². The van der Waals surface area contributed by atoms with Gasteiger partial charge >= 0.3 is 0 Å². The normalized spacial score (nSPS) is 15.3. The summed E-state index contributed by atoms with van der Waals surface area (Å²) in [4.78, 5) is 18.3. The molecule has 3 heterocycles. The number of amides is 1. The van der Waals surface area contributed by atoms with Crippen molar-refractivity contribution in [1.29, 1.82) is 0 Å². The third kappa shape index (κ3) is 4.39. The molecule has 1 fully saturated rings. The number of pyridine rings is 1. The minimum absolute atomic E-state index is 0.00735. The maximum Gasteiger partial charge on any atom is 0.276 e. The standard InChI is InChI=1S/C20H19FN4O4S/c21-15-3-5-17(6-4-15)30(27,28)24-16-7-10-25(11-8-16)20(26)18-12-19(29-23-18)14-2-1-9-22-13-14/h1-6,9,12-13,16,24H,7-8,10-11H2. The molecular weight excluding hydrogens is 411 g/mol. The average Bonchev–Trinajstić information content (AvgIpc) is 3.25. The molecule has 1 aliphatic heterocycles. The monoisotopic (exact) mass is 430 g/mol. The fourth-order valence-electron chi connectivity index (χ4n) is 3.28. The smallest absolute Gasteiger partial charge is 0.276 e. The molecule has 1 aliphatic rings. The molecular formula is C20H19FN4O4S. The molecule has 10 heteroatoms. The van der Waals surface area contributed by atoms with Gasteiger partial charge in [0.25, 0.3) is 5.91 Å². The lowest BCUT2D eigenvalue weighted by molar-refractivity contribution is 0.0701. The Kier molecular flexibility index (Phi) is 5.60. The van der Waals surface area contributed by atoms with Crippen molar-refractivity contribution in [1.82, 2.24) is 19.8 Å². The van der Waals surface area contributed by atoms with Crippen LogP contribution >= 0.6 is 0 Å². The van der Waals surface area contributed by atoms with Crippen LogP contribution in [0.5, 0.6) is 0 Å². The molecule has 1 N–H and O–H groups in total. The lowest BCUT2D eigenvalue weighted by Crippen LogP contribution is -2.46. The van der Waals surface area contributed by atoms with Crippen molar-refractivity contribution in [3.05, 3.63) is 66.4 Å². The highest BCUT2D eigenvalue weighted by Crippen LogP contribution is 2.21. The number of likely N-dealkylation sites (tertiary alicyclic amines) is 1. The second-order valence-electron chi connectivity index (χ2n) is 6.96. The number of aromatic nitrogens is 2. The maximum atomic E-state index is 13.0. The molecule has 0 saturated carbocycles. The molecule has 1 amide bonds. The lowest BCUT2D eigenvalue weighted by atomic mass is 10.1. The molecule has 4 rings (SSSR count). The summed E-state index contributed by atoms with van der Waals surface area (Å²) < 4.78 is 45.8. The molecule has 2 aromatic heterocycles. The van der Waals surface area contributed by atoms with Crippen molar-refractivity contribution in [3.8, 4) is 11.3 Å². The van der Waals surface area contributed by atoms with Gasteiger partial charge in [-0.1, -0.05) is 5.16 Å². The van der Waals surface area contributed by atoms with Crippen LogP contribution in [0.4, 0.5) is 4.39 Å². The molecule has 30 heavy (non-hydrogen) atoms. The van der Waals surface area contributed by atoms with Crippen LogP contribution < -0.4 is 4.72 Å². The van der Waals surface area contributed by atoms with E-state index in [0.717, 1.165) is 17.7 Å². The Balaban J connectivity index is 1.36. The number of carbonyl (C=O) groups is 1. The first kappa shape index (κ1) is 20.2. The van der Waals surface area contributed by atoms with E-state index in [-0.39, 0.29) is 22.5 Å². The molecule has 0 aliphatic carbocycles. The van der Waals surface area contributed by atoms with Crippen molar-refractivity contribution < 1.29 is 22.1 Å². The number of piperidine rings is 1. The number of benzene rings is 1. The van der Waals surface area contributed by atoms with Crippen molar-refractivity contribution in [2.45, 2.75) is 23.8 Å². The van der Waals surface area contributed by atoms with Crippen molar-refractivity contribution in [3.63, 3.8) is 0 Å². The summed E-state index contributed by atoms with van der Waals surface area (Å²) >= 11 is 0. The van der Waals surface area contributed by atoms with Gasteiger partial charge in [-0.15, -0.1) is 0 Å². The largest absolute Gasteiger partial charge is 0.355 e. The van der Waals surface area contributed by atoms with Crippen LogP contribution in [0.3, 0.4) is 0 Å². The summed E-state index contributed by atoms with van der Waals surface area (Å²) in [6.07, 6.45) is 4.17. The van der Waals surface area contributed by atoms with Gasteiger partial charge in [-0.3, -0.25) is 9.78 Å². The highest BCUT2D eigenvalue weighted by atomic mass is 32.2. The van der Waals surface area contributed by atoms with Crippen LogP contribution in [-0.4, -0.2) is 48.5 Å². The zero-order valence-corrected chi connectivity index (χ0v) is 16.7. The van der Waals surface area contributed by atoms with Gasteiger partial charge in [0.15, 0.2) is 11.5 Å². The molecule has 0 atom stereocenters. The van der Waals surface area contributed by atoms with Gasteiger partial charge in [0.2, 0.25) is 10.0 Å². The van der Waals surface area contributed by atoms with E-state index < -0.39 is 15.8 Å². The Morgan fingerprint density at radius 2 is 1.90 bits per heavy atom. The average molecular weight is 430 g/mol. The molecule has 1 saturated heterocycles. The number of nitrogens with zero attached hydrogens (tertiary/aromatic N) is 3. The Morgan fingerprint density at radius 3 is 2.57 bits per heavy atom. The highest BCUT2D eigenvalue weighted by Gasteiger charge is 2.28. The lowest BCUT2D eigenvalue weighted by Gasteiger charge is -2.31. The zero-order chi connectivity index (χ0) is 21.1. The summed E-state index contributed by atoms with van der Waals surface area (Å²) in [6.45, 7) is 0.759. The van der Waals surface area contributed by atoms with Crippen LogP contribution in [0.15, 0.2) is 64.3 Å². The number of nitrogens with one attached hydrogen (secondary N) is 1. The third-order valence-corrected chi connectivity index (χ3v) is 6.44. The van der Waals surface area contributed by atoms with Crippen molar-refractivity contribution in [2.24, 2.45) is 0 Å². The van der Waals surface area contributed by atoms with Gasteiger partial charge in [-0.05, 0) is 49.2 Å². The zero-order valence-electron chi connectivity index (χ0n) is 15.9. The molecule has 0 spiro atoms. The van der Waals surface area contributed by atoms with Crippen LogP contribution in [-0.2, 0) is 10.0 Å². The van der Waals surface area contributed by atoms with E-state index in [9.17, 15) is 17.6 Å². The Hall–Kier alpha value is -3.11. The van der Waals surface area contributed by atoms with Crippen molar-refractivity contribution >= 4 is 15.9 Å². The van der Waals surface area contributed by atoms with E-state index in [4.69, 9.17) is 4.52 Å². The Morgan fingerprint density at radius 1 is 1.17 bits per heavy atom. The Bertz CT molecular complexity index is 1130. The fourth-order valence-corrected chi connectivity index (χ4v) is 4.59. The highest BCUT2D eigenvalue weighted by molar-refractivity contribution is 7.89. The van der Waals surface area contributed by atoms with Gasteiger partial charge < -0.3 is 9.42 Å². The molecule has 0 unspecified atom stereocenters. The quantitative estimate of drug-likeness (QED) is 0.667. The maximum absolute atomic E-state index is 13.0. The topological polar surface area (TPSA) is 105 Å². The molecule has 3 aromatic rings. The van der Waals surface area contributed by atoms with Gasteiger partial charge in [-0.25, -0.2) is 17.5 Å². The van der Waals surface area contributed by atoms with Crippen molar-refractivity contribution in [2.75, 3.05) is 13.1 Å². The number of carbonyl (C=O) groups excluding carboxylic acids is 1. The van der Waals surface area contributed by atoms with E-state index in [1.807, 2.05) is 0 Å². The summed E-state index contributed by atoms with van der Waals surface area (Å²) in [6, 6.07) is 9.48. The van der Waals surface area contributed by atoms with E-state index in [1.54, 1.807) is 35.5 Å². The number of hydrogen-bond donors (Lipinski definition) is 1. The summed E-state index contributed by atoms with van der Waals surface area (Å²) in [5.41, 5.74) is 0.914. The predicted octanol–water partition coefficient (Wildman–Crippen LogP) is 2.46. The van der Waals surface area contributed by atoms with Crippen LogP contribution in [0, 0.1) is 5.82 Å². The van der Waals surface area contributed by atoms with Gasteiger partial charge in [0.1, 0.15) is 5.82 Å². The van der Waals surface area contributed by atoms with Crippen LogP contribution in [0.1, 0.15) is 23.3 Å². The van der Waals surface area contributed by atoms with E-state index in [0.29, 0.717) is 31.7 Å². The summed E-state index contributed by atoms with van der Waals surface area (Å²) in [5.74, 6) is -0.317. The minimum Gasteiger partial charge on any atom is -0.355 e. The number of hydrogen-bond acceptors (Lipinski definition) is 6. The van der Waals surface area contributed by atoms with Crippen LogP contribution in [0.25, 0.3) is 11.3 Å². The van der Waals surface area contributed by atoms with E-state index >= 15 is 0 Å². The molecule has 8 nitrogen and oxygen atoms in total.